The summed E-state index contributed by atoms with van der Waals surface area (Å²) < 4.78 is 0. The maximum Gasteiger partial charge on any atom is 0.258 e. The van der Waals surface area contributed by atoms with E-state index in [9.17, 15) is 4.79 Å². The molecule has 0 spiro atoms. The van der Waals surface area contributed by atoms with Gasteiger partial charge in [0.15, 0.2) is 0 Å². The van der Waals surface area contributed by atoms with Gasteiger partial charge in [0, 0.05) is 29.2 Å². The molecule has 1 aliphatic heterocycles. The third-order valence-electron chi connectivity index (χ3n) is 4.21. The Labute approximate surface area is 141 Å². The first-order chi connectivity index (χ1) is 11.2. The Bertz CT molecular complexity index is 697. The predicted octanol–water partition coefficient (Wildman–Crippen LogP) is 4.11. The second-order valence-corrected chi connectivity index (χ2v) is 7.01. The molecule has 0 aliphatic carbocycles. The predicted molar refractivity (Wildman–Crippen MR) is 99.1 cm³/mol. The van der Waals surface area contributed by atoms with E-state index in [1.807, 2.05) is 47.0 Å². The molecule has 3 nitrogen and oxygen atoms in total. The lowest BCUT2D eigenvalue weighted by molar-refractivity contribution is 0.0985. The average Bonchev–Trinajstić information content (AvgIpc) is 2.60. The van der Waals surface area contributed by atoms with Crippen molar-refractivity contribution in [3.63, 3.8) is 0 Å². The molecule has 1 heterocycles. The highest BCUT2D eigenvalue weighted by Crippen LogP contribution is 2.32. The highest BCUT2D eigenvalue weighted by Gasteiger charge is 2.24. The number of nitrogen functional groups attached to an aromatic ring is 1. The summed E-state index contributed by atoms with van der Waals surface area (Å²) in [6, 6.07) is 13.8. The van der Waals surface area contributed by atoms with Crippen LogP contribution in [0.1, 0.15) is 34.8 Å². The van der Waals surface area contributed by atoms with Gasteiger partial charge in [0.2, 0.25) is 0 Å². The van der Waals surface area contributed by atoms with Crippen molar-refractivity contribution in [2.75, 3.05) is 22.9 Å². The monoisotopic (exact) mass is 326 g/mol. The lowest BCUT2D eigenvalue weighted by Crippen LogP contribution is -2.35. The van der Waals surface area contributed by atoms with Gasteiger partial charge in [-0.1, -0.05) is 25.1 Å². The number of carbonyl (C=O) groups is 1. The number of hydrogen-bond acceptors (Lipinski definition) is 3. The van der Waals surface area contributed by atoms with Gasteiger partial charge in [-0.05, 0) is 54.0 Å². The number of anilines is 2. The molecular formula is C19H22N2OS. The summed E-state index contributed by atoms with van der Waals surface area (Å²) in [5, 5.41) is 0. The number of fused-ring (bicyclic) bond motifs is 1. The van der Waals surface area contributed by atoms with Crippen LogP contribution in [0.4, 0.5) is 11.4 Å². The van der Waals surface area contributed by atoms with Crippen molar-refractivity contribution in [2.24, 2.45) is 0 Å². The number of carbonyl (C=O) groups excluding carboxylic acids is 1. The Morgan fingerprint density at radius 2 is 2.00 bits per heavy atom. The van der Waals surface area contributed by atoms with Crippen molar-refractivity contribution >= 4 is 29.0 Å². The van der Waals surface area contributed by atoms with Crippen LogP contribution in [0.15, 0.2) is 42.5 Å². The number of rotatable bonds is 4. The summed E-state index contributed by atoms with van der Waals surface area (Å²) in [6.45, 7) is 2.91. The van der Waals surface area contributed by atoms with Gasteiger partial charge in [0.1, 0.15) is 0 Å². The highest BCUT2D eigenvalue weighted by molar-refractivity contribution is 7.98. The molecule has 2 aromatic rings. The van der Waals surface area contributed by atoms with Crippen LogP contribution in [0.3, 0.4) is 0 Å². The minimum Gasteiger partial charge on any atom is -0.398 e. The number of amides is 1. The van der Waals surface area contributed by atoms with Crippen LogP contribution in [0.5, 0.6) is 0 Å². The Kier molecular flexibility index (Phi) is 4.91. The smallest absolute Gasteiger partial charge is 0.258 e. The Morgan fingerprint density at radius 1 is 1.22 bits per heavy atom. The van der Waals surface area contributed by atoms with Gasteiger partial charge < -0.3 is 10.6 Å². The lowest BCUT2D eigenvalue weighted by Gasteiger charge is -2.30. The van der Waals surface area contributed by atoms with Crippen LogP contribution < -0.4 is 10.6 Å². The molecule has 120 valence electrons. The number of hydrogen-bond donors (Lipinski definition) is 1. The number of nitrogens with zero attached hydrogens (tertiary/aromatic N) is 1. The first-order valence-corrected chi connectivity index (χ1v) is 9.22. The van der Waals surface area contributed by atoms with Gasteiger partial charge >= 0.3 is 0 Å². The van der Waals surface area contributed by atoms with E-state index in [-0.39, 0.29) is 5.91 Å². The van der Waals surface area contributed by atoms with Crippen LogP contribution in [-0.2, 0) is 12.2 Å². The third-order valence-corrected chi connectivity index (χ3v) is 5.15. The van der Waals surface area contributed by atoms with E-state index in [1.165, 1.54) is 5.56 Å². The van der Waals surface area contributed by atoms with Crippen molar-refractivity contribution in [1.82, 2.24) is 0 Å². The maximum absolute atomic E-state index is 12.9. The maximum atomic E-state index is 12.9. The van der Waals surface area contributed by atoms with Crippen LogP contribution in [0.25, 0.3) is 0 Å². The van der Waals surface area contributed by atoms with Crippen LogP contribution in [-0.4, -0.2) is 18.2 Å². The molecule has 0 fully saturated rings. The lowest BCUT2D eigenvalue weighted by atomic mass is 9.99. The first kappa shape index (κ1) is 15.9. The fraction of sp³-hybridized carbons (Fsp3) is 0.316. The van der Waals surface area contributed by atoms with Gasteiger partial charge in [0.25, 0.3) is 5.91 Å². The summed E-state index contributed by atoms with van der Waals surface area (Å²) in [4.78, 5) is 14.7. The van der Waals surface area contributed by atoms with Gasteiger partial charge in [-0.2, -0.15) is 11.8 Å². The molecule has 0 radical (unpaired) electrons. The van der Waals surface area contributed by atoms with E-state index in [1.54, 1.807) is 0 Å². The second-order valence-electron chi connectivity index (χ2n) is 5.74. The van der Waals surface area contributed by atoms with E-state index in [2.05, 4.69) is 19.1 Å². The third kappa shape index (κ3) is 3.37. The molecule has 0 unspecified atom stereocenters. The average molecular weight is 326 g/mol. The number of nitrogens with two attached hydrogens (primary N) is 1. The van der Waals surface area contributed by atoms with Crippen LogP contribution >= 0.6 is 11.8 Å². The van der Waals surface area contributed by atoms with Gasteiger partial charge in [0.05, 0.1) is 0 Å². The molecule has 2 N–H and O–H groups in total. The van der Waals surface area contributed by atoms with Crippen molar-refractivity contribution in [2.45, 2.75) is 25.5 Å². The van der Waals surface area contributed by atoms with E-state index < -0.39 is 0 Å². The normalized spacial score (nSPS) is 13.7. The quantitative estimate of drug-likeness (QED) is 0.860. The van der Waals surface area contributed by atoms with Crippen LogP contribution in [0, 0.1) is 0 Å². The largest absolute Gasteiger partial charge is 0.398 e. The topological polar surface area (TPSA) is 46.3 Å². The molecular weight excluding hydrogens is 304 g/mol. The zero-order chi connectivity index (χ0) is 16.2. The van der Waals surface area contributed by atoms with Crippen molar-refractivity contribution < 1.29 is 4.79 Å². The van der Waals surface area contributed by atoms with Gasteiger partial charge in [-0.3, -0.25) is 4.79 Å². The molecule has 0 bridgehead atoms. The molecule has 2 aromatic carbocycles. The molecule has 23 heavy (non-hydrogen) atoms. The minimum atomic E-state index is 0.0613. The van der Waals surface area contributed by atoms with E-state index in [0.29, 0.717) is 0 Å². The molecule has 0 atom stereocenters. The zero-order valence-electron chi connectivity index (χ0n) is 13.4. The molecule has 1 aliphatic rings. The summed E-state index contributed by atoms with van der Waals surface area (Å²) in [5.74, 6) is 2.16. The first-order valence-electron chi connectivity index (χ1n) is 8.06. The van der Waals surface area contributed by atoms with Gasteiger partial charge in [-0.25, -0.2) is 0 Å². The van der Waals surface area contributed by atoms with E-state index >= 15 is 0 Å². The SMILES string of the molecule is CCSCc1ccc(C(=O)N2CCCc3c(N)cccc32)cc1. The Balaban J connectivity index is 1.83. The van der Waals surface area contributed by atoms with Gasteiger partial charge in [-0.15, -0.1) is 0 Å². The highest BCUT2D eigenvalue weighted by atomic mass is 32.2. The van der Waals surface area contributed by atoms with E-state index in [0.717, 1.165) is 53.4 Å². The molecule has 4 heteroatoms. The zero-order valence-corrected chi connectivity index (χ0v) is 14.2. The minimum absolute atomic E-state index is 0.0613. The number of thioether (sulfide) groups is 1. The van der Waals surface area contributed by atoms with E-state index in [4.69, 9.17) is 5.73 Å². The number of benzene rings is 2. The second kappa shape index (κ2) is 7.09. The van der Waals surface area contributed by atoms with Crippen molar-refractivity contribution in [3.05, 3.63) is 59.2 Å². The molecule has 0 saturated carbocycles. The Hall–Kier alpha value is -1.94. The summed E-state index contributed by atoms with van der Waals surface area (Å²) in [5.41, 5.74) is 10.9. The standard InChI is InChI=1S/C19H22N2OS/c1-2-23-13-14-8-10-15(11-9-14)19(22)21-12-4-5-16-17(20)6-3-7-18(16)21/h3,6-11H,2,4-5,12-13,20H2,1H3. The fourth-order valence-corrected chi connectivity index (χ4v) is 3.61. The molecule has 3 rings (SSSR count). The molecule has 0 aromatic heterocycles. The van der Waals surface area contributed by atoms with Crippen LogP contribution in [0.2, 0.25) is 0 Å². The van der Waals surface area contributed by atoms with Crippen molar-refractivity contribution in [3.8, 4) is 0 Å². The molecule has 1 amide bonds. The fourth-order valence-electron chi connectivity index (χ4n) is 2.98. The van der Waals surface area contributed by atoms with Crippen molar-refractivity contribution in [1.29, 1.82) is 0 Å². The summed E-state index contributed by atoms with van der Waals surface area (Å²) in [7, 11) is 0. The summed E-state index contributed by atoms with van der Waals surface area (Å²) in [6.07, 6.45) is 1.90. The summed E-state index contributed by atoms with van der Waals surface area (Å²) >= 11 is 1.89. The molecule has 0 saturated heterocycles. The Morgan fingerprint density at radius 3 is 2.74 bits per heavy atom.